The van der Waals surface area contributed by atoms with Crippen LogP contribution < -0.4 is 5.32 Å². The number of hydrogen-bond donors (Lipinski definition) is 2. The van der Waals surface area contributed by atoms with Crippen LogP contribution in [-0.2, 0) is 14.4 Å². The largest absolute Gasteiger partial charge is 0.481 e. The first kappa shape index (κ1) is 15.5. The summed E-state index contributed by atoms with van der Waals surface area (Å²) in [5.41, 5.74) is -0.0675. The van der Waals surface area contributed by atoms with E-state index in [0.29, 0.717) is 19.5 Å². The van der Waals surface area contributed by atoms with E-state index < -0.39 is 11.9 Å². The average Bonchev–Trinajstić information content (AvgIpc) is 2.58. The Labute approximate surface area is 113 Å². The normalized spacial score (nSPS) is 19.6. The van der Waals surface area contributed by atoms with Crippen molar-refractivity contribution in [3.8, 4) is 0 Å². The molecule has 1 saturated heterocycles. The SMILES string of the molecule is CC(C)(C)CC(=O)NCCN1CC(C(=O)O)CC1=O. The van der Waals surface area contributed by atoms with Crippen molar-refractivity contribution in [2.45, 2.75) is 33.6 Å². The lowest BCUT2D eigenvalue weighted by Crippen LogP contribution is -2.37. The standard InChI is InChI=1S/C13H22N2O4/c1-13(2,3)7-10(16)14-4-5-15-8-9(12(18)19)6-11(15)17/h9H,4-8H2,1-3H3,(H,14,16)(H,18,19). The Hall–Kier alpha value is -1.59. The highest BCUT2D eigenvalue weighted by atomic mass is 16.4. The minimum Gasteiger partial charge on any atom is -0.481 e. The minimum absolute atomic E-state index is 0.0473. The van der Waals surface area contributed by atoms with Gasteiger partial charge >= 0.3 is 5.97 Å². The number of carbonyl (C=O) groups excluding carboxylic acids is 2. The highest BCUT2D eigenvalue weighted by Gasteiger charge is 2.33. The molecule has 2 amide bonds. The number of carbonyl (C=O) groups is 3. The molecule has 1 unspecified atom stereocenters. The van der Waals surface area contributed by atoms with E-state index in [1.165, 1.54) is 4.90 Å². The molecule has 0 aliphatic carbocycles. The van der Waals surface area contributed by atoms with Crippen LogP contribution in [0.15, 0.2) is 0 Å². The smallest absolute Gasteiger partial charge is 0.308 e. The fourth-order valence-corrected chi connectivity index (χ4v) is 2.03. The van der Waals surface area contributed by atoms with Crippen LogP contribution in [-0.4, -0.2) is 47.4 Å². The minimum atomic E-state index is -0.937. The molecule has 1 fully saturated rings. The summed E-state index contributed by atoms with van der Waals surface area (Å²) in [6.07, 6.45) is 0.490. The molecule has 0 aromatic heterocycles. The van der Waals surface area contributed by atoms with E-state index in [1.807, 2.05) is 20.8 Å². The third-order valence-corrected chi connectivity index (χ3v) is 2.96. The lowest BCUT2D eigenvalue weighted by molar-refractivity contribution is -0.141. The van der Waals surface area contributed by atoms with Crippen molar-refractivity contribution >= 4 is 17.8 Å². The number of aliphatic carboxylic acids is 1. The van der Waals surface area contributed by atoms with E-state index in [2.05, 4.69) is 5.32 Å². The summed E-state index contributed by atoms with van der Waals surface area (Å²) in [6, 6.07) is 0. The second-order valence-electron chi connectivity index (χ2n) is 6.17. The summed E-state index contributed by atoms with van der Waals surface area (Å²) in [6.45, 7) is 6.92. The molecular formula is C13H22N2O4. The van der Waals surface area contributed by atoms with E-state index in [-0.39, 0.29) is 30.2 Å². The Morgan fingerprint density at radius 2 is 2.05 bits per heavy atom. The molecule has 0 bridgehead atoms. The van der Waals surface area contributed by atoms with Crippen LogP contribution in [0.2, 0.25) is 0 Å². The van der Waals surface area contributed by atoms with Gasteiger partial charge in [-0.25, -0.2) is 0 Å². The van der Waals surface area contributed by atoms with Crippen molar-refractivity contribution in [3.63, 3.8) is 0 Å². The van der Waals surface area contributed by atoms with Gasteiger partial charge in [0.05, 0.1) is 5.92 Å². The Kier molecular flexibility index (Phi) is 4.91. The third kappa shape index (κ3) is 5.28. The number of carboxylic acid groups (broad SMARTS) is 1. The van der Waals surface area contributed by atoms with Gasteiger partial charge in [-0.2, -0.15) is 0 Å². The second-order valence-corrected chi connectivity index (χ2v) is 6.17. The molecule has 1 aliphatic rings. The van der Waals surface area contributed by atoms with E-state index in [0.717, 1.165) is 0 Å². The van der Waals surface area contributed by atoms with Gasteiger partial charge in [-0.3, -0.25) is 14.4 Å². The van der Waals surface area contributed by atoms with Gasteiger partial charge in [0.15, 0.2) is 0 Å². The second kappa shape index (κ2) is 6.04. The van der Waals surface area contributed by atoms with Crippen molar-refractivity contribution in [2.24, 2.45) is 11.3 Å². The quantitative estimate of drug-likeness (QED) is 0.760. The lowest BCUT2D eigenvalue weighted by Gasteiger charge is -2.19. The summed E-state index contributed by atoms with van der Waals surface area (Å²) in [5, 5.41) is 11.6. The highest BCUT2D eigenvalue weighted by Crippen LogP contribution is 2.18. The number of amides is 2. The molecule has 0 aromatic carbocycles. The maximum Gasteiger partial charge on any atom is 0.308 e. The molecule has 1 rings (SSSR count). The molecule has 1 atom stereocenters. The van der Waals surface area contributed by atoms with Crippen molar-refractivity contribution in [2.75, 3.05) is 19.6 Å². The molecule has 0 radical (unpaired) electrons. The predicted octanol–water partition coefficient (Wildman–Crippen LogP) is 0.472. The Morgan fingerprint density at radius 1 is 1.42 bits per heavy atom. The molecule has 2 N–H and O–H groups in total. The van der Waals surface area contributed by atoms with E-state index >= 15 is 0 Å². The summed E-state index contributed by atoms with van der Waals surface area (Å²) in [7, 11) is 0. The molecule has 108 valence electrons. The molecule has 0 aromatic rings. The predicted molar refractivity (Wildman–Crippen MR) is 69.4 cm³/mol. The topological polar surface area (TPSA) is 86.7 Å². The zero-order chi connectivity index (χ0) is 14.6. The van der Waals surface area contributed by atoms with Gasteiger partial charge < -0.3 is 15.3 Å². The van der Waals surface area contributed by atoms with Crippen molar-refractivity contribution < 1.29 is 19.5 Å². The van der Waals surface area contributed by atoms with Gasteiger partial charge in [0.25, 0.3) is 0 Å². The van der Waals surface area contributed by atoms with Crippen molar-refractivity contribution in [1.82, 2.24) is 10.2 Å². The first-order chi connectivity index (χ1) is 8.69. The van der Waals surface area contributed by atoms with Crippen LogP contribution in [0, 0.1) is 11.3 Å². The van der Waals surface area contributed by atoms with E-state index in [4.69, 9.17) is 5.11 Å². The first-order valence-corrected chi connectivity index (χ1v) is 6.46. The molecule has 6 nitrogen and oxygen atoms in total. The van der Waals surface area contributed by atoms with Crippen LogP contribution in [0.5, 0.6) is 0 Å². The van der Waals surface area contributed by atoms with Gasteiger partial charge in [0.1, 0.15) is 0 Å². The van der Waals surface area contributed by atoms with Crippen molar-refractivity contribution in [1.29, 1.82) is 0 Å². The molecule has 0 saturated carbocycles. The number of hydrogen-bond acceptors (Lipinski definition) is 3. The first-order valence-electron chi connectivity index (χ1n) is 6.46. The molecule has 0 spiro atoms. The zero-order valence-corrected chi connectivity index (χ0v) is 11.7. The summed E-state index contributed by atoms with van der Waals surface area (Å²) in [4.78, 5) is 35.4. The molecular weight excluding hydrogens is 248 g/mol. The van der Waals surface area contributed by atoms with Crippen LogP contribution in [0.1, 0.15) is 33.6 Å². The Morgan fingerprint density at radius 3 is 2.53 bits per heavy atom. The maximum atomic E-state index is 11.6. The van der Waals surface area contributed by atoms with Gasteiger partial charge in [-0.05, 0) is 5.41 Å². The molecule has 1 aliphatic heterocycles. The number of nitrogens with one attached hydrogen (secondary N) is 1. The Bertz CT molecular complexity index is 373. The van der Waals surface area contributed by atoms with Gasteiger partial charge in [-0.15, -0.1) is 0 Å². The third-order valence-electron chi connectivity index (χ3n) is 2.96. The van der Waals surface area contributed by atoms with Crippen molar-refractivity contribution in [3.05, 3.63) is 0 Å². The number of rotatable bonds is 5. The fraction of sp³-hybridized carbons (Fsp3) is 0.769. The summed E-state index contributed by atoms with van der Waals surface area (Å²) in [5.74, 6) is -1.75. The fourth-order valence-electron chi connectivity index (χ4n) is 2.03. The molecule has 6 heteroatoms. The van der Waals surface area contributed by atoms with Crippen LogP contribution in [0.25, 0.3) is 0 Å². The average molecular weight is 270 g/mol. The Balaban J connectivity index is 2.29. The van der Waals surface area contributed by atoms with Gasteiger partial charge in [-0.1, -0.05) is 20.8 Å². The monoisotopic (exact) mass is 270 g/mol. The molecule has 1 heterocycles. The highest BCUT2D eigenvalue weighted by molar-refractivity contribution is 5.86. The maximum absolute atomic E-state index is 11.6. The number of likely N-dealkylation sites (tertiary alicyclic amines) is 1. The summed E-state index contributed by atoms with van der Waals surface area (Å²) >= 11 is 0. The number of carboxylic acids is 1. The van der Waals surface area contributed by atoms with Crippen LogP contribution in [0.3, 0.4) is 0 Å². The van der Waals surface area contributed by atoms with Gasteiger partial charge in [0, 0.05) is 32.5 Å². The number of nitrogens with zero attached hydrogens (tertiary/aromatic N) is 1. The van der Waals surface area contributed by atoms with Crippen LogP contribution >= 0.6 is 0 Å². The van der Waals surface area contributed by atoms with Gasteiger partial charge in [0.2, 0.25) is 11.8 Å². The lowest BCUT2D eigenvalue weighted by atomic mass is 9.92. The van der Waals surface area contributed by atoms with E-state index in [9.17, 15) is 14.4 Å². The molecule has 19 heavy (non-hydrogen) atoms. The zero-order valence-electron chi connectivity index (χ0n) is 11.7. The summed E-state index contributed by atoms with van der Waals surface area (Å²) < 4.78 is 0. The van der Waals surface area contributed by atoms with Crippen LogP contribution in [0.4, 0.5) is 0 Å². The van der Waals surface area contributed by atoms with E-state index in [1.54, 1.807) is 0 Å².